The third kappa shape index (κ3) is 3.12. The molecule has 29 heavy (non-hydrogen) atoms. The molecule has 0 unspecified atom stereocenters. The lowest BCUT2D eigenvalue weighted by atomic mass is 10.0. The fraction of sp³-hybridized carbons (Fsp3) is 0.0417. The van der Waals surface area contributed by atoms with E-state index in [0.29, 0.717) is 11.3 Å². The van der Waals surface area contributed by atoms with Crippen LogP contribution in [0.25, 0.3) is 21.8 Å². The molecule has 5 aromatic rings. The first-order chi connectivity index (χ1) is 14.2. The molecule has 5 heteroatoms. The van der Waals surface area contributed by atoms with Gasteiger partial charge < -0.3 is 5.32 Å². The molecule has 0 amide bonds. The van der Waals surface area contributed by atoms with Crippen LogP contribution in [0.15, 0.2) is 79.0 Å². The SMILES string of the molecule is Cc1ccc2c(C(=O)c3ccccc3Nc3ccc4ncccc4c3)n[nH]c2c1. The van der Waals surface area contributed by atoms with Crippen molar-refractivity contribution >= 4 is 39.0 Å². The number of carbonyl (C=O) groups is 1. The number of nitrogens with zero attached hydrogens (tertiary/aromatic N) is 2. The van der Waals surface area contributed by atoms with E-state index in [2.05, 4.69) is 20.5 Å². The predicted molar refractivity (Wildman–Crippen MR) is 116 cm³/mol. The molecular formula is C24H18N4O. The summed E-state index contributed by atoms with van der Waals surface area (Å²) in [4.78, 5) is 17.6. The molecule has 2 N–H and O–H groups in total. The zero-order chi connectivity index (χ0) is 19.8. The van der Waals surface area contributed by atoms with E-state index in [0.717, 1.165) is 38.7 Å². The Kier molecular flexibility index (Phi) is 4.06. The molecule has 0 aliphatic carbocycles. The van der Waals surface area contributed by atoms with Gasteiger partial charge in [0.1, 0.15) is 5.69 Å². The van der Waals surface area contributed by atoms with Crippen LogP contribution in [-0.4, -0.2) is 21.0 Å². The van der Waals surface area contributed by atoms with Crippen LogP contribution in [0.4, 0.5) is 11.4 Å². The molecule has 5 rings (SSSR count). The van der Waals surface area contributed by atoms with Gasteiger partial charge in [0.15, 0.2) is 0 Å². The van der Waals surface area contributed by atoms with Gasteiger partial charge in [0.25, 0.3) is 0 Å². The number of ketones is 1. The Hall–Kier alpha value is -3.99. The first-order valence-corrected chi connectivity index (χ1v) is 9.39. The molecule has 0 radical (unpaired) electrons. The van der Waals surface area contributed by atoms with Crippen molar-refractivity contribution < 1.29 is 4.79 Å². The van der Waals surface area contributed by atoms with Crippen molar-refractivity contribution in [1.29, 1.82) is 0 Å². The minimum Gasteiger partial charge on any atom is -0.355 e. The van der Waals surface area contributed by atoms with E-state index in [-0.39, 0.29) is 5.78 Å². The first-order valence-electron chi connectivity index (χ1n) is 9.39. The first kappa shape index (κ1) is 17.1. The Bertz CT molecular complexity index is 1370. The predicted octanol–water partition coefficient (Wildman–Crippen LogP) is 5.39. The number of hydrogen-bond acceptors (Lipinski definition) is 4. The van der Waals surface area contributed by atoms with Gasteiger partial charge in [-0.25, -0.2) is 0 Å². The number of aromatic nitrogens is 3. The van der Waals surface area contributed by atoms with Crippen LogP contribution >= 0.6 is 0 Å². The fourth-order valence-electron chi connectivity index (χ4n) is 3.53. The van der Waals surface area contributed by atoms with E-state index in [9.17, 15) is 4.79 Å². The number of rotatable bonds is 4. The highest BCUT2D eigenvalue weighted by atomic mass is 16.1. The fourth-order valence-corrected chi connectivity index (χ4v) is 3.53. The summed E-state index contributed by atoms with van der Waals surface area (Å²) >= 11 is 0. The number of fused-ring (bicyclic) bond motifs is 2. The molecule has 0 saturated carbocycles. The summed E-state index contributed by atoms with van der Waals surface area (Å²) in [7, 11) is 0. The monoisotopic (exact) mass is 378 g/mol. The van der Waals surface area contributed by atoms with E-state index in [1.807, 2.05) is 79.7 Å². The maximum atomic E-state index is 13.3. The van der Waals surface area contributed by atoms with Crippen LogP contribution in [0.2, 0.25) is 0 Å². The Morgan fingerprint density at radius 2 is 1.86 bits per heavy atom. The zero-order valence-electron chi connectivity index (χ0n) is 15.8. The molecule has 3 aromatic carbocycles. The number of H-pyrrole nitrogens is 1. The van der Waals surface area contributed by atoms with Gasteiger partial charge in [-0.1, -0.05) is 30.3 Å². The van der Waals surface area contributed by atoms with Crippen molar-refractivity contribution in [2.75, 3.05) is 5.32 Å². The lowest BCUT2D eigenvalue weighted by Crippen LogP contribution is -2.06. The van der Waals surface area contributed by atoms with Crippen molar-refractivity contribution in [1.82, 2.24) is 15.2 Å². The Labute approximate surface area is 167 Å². The number of pyridine rings is 1. The third-order valence-corrected chi connectivity index (χ3v) is 4.99. The summed E-state index contributed by atoms with van der Waals surface area (Å²) in [6.07, 6.45) is 1.78. The number of carbonyl (C=O) groups excluding carboxylic acids is 1. The van der Waals surface area contributed by atoms with Gasteiger partial charge in [0.05, 0.1) is 11.0 Å². The molecule has 0 atom stereocenters. The molecule has 0 aliphatic rings. The molecule has 0 spiro atoms. The van der Waals surface area contributed by atoms with Crippen molar-refractivity contribution in [2.45, 2.75) is 6.92 Å². The summed E-state index contributed by atoms with van der Waals surface area (Å²) in [5.41, 5.74) is 5.55. The lowest BCUT2D eigenvalue weighted by Gasteiger charge is -2.11. The van der Waals surface area contributed by atoms with Crippen LogP contribution in [0.3, 0.4) is 0 Å². The molecule has 0 saturated heterocycles. The Morgan fingerprint density at radius 3 is 2.79 bits per heavy atom. The number of hydrogen-bond donors (Lipinski definition) is 2. The Morgan fingerprint density at radius 1 is 0.966 bits per heavy atom. The summed E-state index contributed by atoms with van der Waals surface area (Å²) in [5, 5.41) is 12.5. The topological polar surface area (TPSA) is 70.7 Å². The lowest BCUT2D eigenvalue weighted by molar-refractivity contribution is 0.103. The van der Waals surface area contributed by atoms with Gasteiger partial charge in [-0.05, 0) is 55.0 Å². The second-order valence-electron chi connectivity index (χ2n) is 7.03. The second kappa shape index (κ2) is 6.87. The highest BCUT2D eigenvalue weighted by Crippen LogP contribution is 2.27. The van der Waals surface area contributed by atoms with Gasteiger partial charge in [0.2, 0.25) is 5.78 Å². The van der Waals surface area contributed by atoms with Gasteiger partial charge in [-0.3, -0.25) is 14.9 Å². The Balaban J connectivity index is 1.53. The minimum absolute atomic E-state index is 0.120. The van der Waals surface area contributed by atoms with E-state index >= 15 is 0 Å². The van der Waals surface area contributed by atoms with Crippen LogP contribution in [0.5, 0.6) is 0 Å². The molecule has 0 fully saturated rings. The van der Waals surface area contributed by atoms with Crippen molar-refractivity contribution in [3.05, 3.63) is 95.8 Å². The number of aryl methyl sites for hydroxylation is 1. The van der Waals surface area contributed by atoms with Gasteiger partial charge in [0, 0.05) is 33.9 Å². The zero-order valence-corrected chi connectivity index (χ0v) is 15.8. The van der Waals surface area contributed by atoms with Gasteiger partial charge >= 0.3 is 0 Å². The smallest absolute Gasteiger partial charge is 0.215 e. The molecular weight excluding hydrogens is 360 g/mol. The summed E-state index contributed by atoms with van der Waals surface area (Å²) in [6, 6.07) is 23.3. The molecule has 5 nitrogen and oxygen atoms in total. The average molecular weight is 378 g/mol. The summed E-state index contributed by atoms with van der Waals surface area (Å²) < 4.78 is 0. The van der Waals surface area contributed by atoms with Crippen molar-refractivity contribution in [2.24, 2.45) is 0 Å². The van der Waals surface area contributed by atoms with Crippen LogP contribution in [0.1, 0.15) is 21.6 Å². The normalized spacial score (nSPS) is 11.1. The summed E-state index contributed by atoms with van der Waals surface area (Å²) in [6.45, 7) is 2.01. The van der Waals surface area contributed by atoms with Crippen molar-refractivity contribution in [3.63, 3.8) is 0 Å². The number of benzene rings is 3. The maximum Gasteiger partial charge on any atom is 0.215 e. The van der Waals surface area contributed by atoms with E-state index in [4.69, 9.17) is 0 Å². The van der Waals surface area contributed by atoms with E-state index in [1.54, 1.807) is 6.20 Å². The standard InChI is InChI=1S/C24H18N4O/c1-15-8-10-18-22(13-15)27-28-23(18)24(29)19-6-2-3-7-21(19)26-17-9-11-20-16(14-17)5-4-12-25-20/h2-14,26H,1H3,(H,27,28). The molecule has 0 aliphatic heterocycles. The van der Waals surface area contributed by atoms with Crippen LogP contribution in [-0.2, 0) is 0 Å². The van der Waals surface area contributed by atoms with E-state index in [1.165, 1.54) is 0 Å². The van der Waals surface area contributed by atoms with Gasteiger partial charge in [-0.2, -0.15) is 5.10 Å². The number of aromatic amines is 1. The molecule has 2 aromatic heterocycles. The third-order valence-electron chi connectivity index (χ3n) is 4.99. The quantitative estimate of drug-likeness (QED) is 0.411. The largest absolute Gasteiger partial charge is 0.355 e. The van der Waals surface area contributed by atoms with Gasteiger partial charge in [-0.15, -0.1) is 0 Å². The summed E-state index contributed by atoms with van der Waals surface area (Å²) in [5.74, 6) is -0.120. The number of para-hydroxylation sites is 1. The number of anilines is 2. The number of nitrogens with one attached hydrogen (secondary N) is 2. The highest BCUT2D eigenvalue weighted by Gasteiger charge is 2.19. The minimum atomic E-state index is -0.120. The highest BCUT2D eigenvalue weighted by molar-refractivity contribution is 6.17. The average Bonchev–Trinajstić information content (AvgIpc) is 3.16. The van der Waals surface area contributed by atoms with Crippen molar-refractivity contribution in [3.8, 4) is 0 Å². The molecule has 0 bridgehead atoms. The maximum absolute atomic E-state index is 13.3. The second-order valence-corrected chi connectivity index (χ2v) is 7.03. The van der Waals surface area contributed by atoms with Crippen LogP contribution in [0, 0.1) is 6.92 Å². The molecule has 140 valence electrons. The van der Waals surface area contributed by atoms with E-state index < -0.39 is 0 Å². The van der Waals surface area contributed by atoms with Crippen LogP contribution < -0.4 is 5.32 Å². The molecule has 2 heterocycles.